The van der Waals surface area contributed by atoms with Gasteiger partial charge in [-0.2, -0.15) is 0 Å². The highest BCUT2D eigenvalue weighted by Gasteiger charge is 2.27. The minimum atomic E-state index is -0.816. The van der Waals surface area contributed by atoms with Crippen molar-refractivity contribution in [2.24, 2.45) is 0 Å². The van der Waals surface area contributed by atoms with Crippen molar-refractivity contribution >= 4 is 35.1 Å². The molecule has 0 spiro atoms. The van der Waals surface area contributed by atoms with Gasteiger partial charge in [0.05, 0.1) is 22.9 Å². The van der Waals surface area contributed by atoms with Crippen molar-refractivity contribution in [1.29, 1.82) is 0 Å². The molecule has 30 heavy (non-hydrogen) atoms. The van der Waals surface area contributed by atoms with Crippen LogP contribution in [0, 0.1) is 0 Å². The molecule has 0 saturated heterocycles. The molecule has 0 bridgehead atoms. The fourth-order valence-electron chi connectivity index (χ4n) is 2.99. The summed E-state index contributed by atoms with van der Waals surface area (Å²) in [5.41, 5.74) is 1.74. The van der Waals surface area contributed by atoms with Gasteiger partial charge in [-0.25, -0.2) is 4.79 Å². The van der Waals surface area contributed by atoms with Crippen LogP contribution in [0.25, 0.3) is 0 Å². The highest BCUT2D eigenvalue weighted by atomic mass is 16.5. The number of hydrogen-bond donors (Lipinski definition) is 3. The minimum absolute atomic E-state index is 0.0336. The predicted octanol–water partition coefficient (Wildman–Crippen LogP) is 2.72. The normalized spacial score (nSPS) is 15.5. The topological polar surface area (TPSA) is 114 Å². The molecular formula is C22H23N3O5. The zero-order valence-corrected chi connectivity index (χ0v) is 16.7. The second-order valence-corrected chi connectivity index (χ2v) is 7.18. The van der Waals surface area contributed by atoms with Gasteiger partial charge in [0.1, 0.15) is 6.04 Å². The lowest BCUT2D eigenvalue weighted by atomic mass is 10.1. The molecule has 8 nitrogen and oxygen atoms in total. The summed E-state index contributed by atoms with van der Waals surface area (Å²) < 4.78 is 5.12. The lowest BCUT2D eigenvalue weighted by Gasteiger charge is -2.14. The van der Waals surface area contributed by atoms with Gasteiger partial charge >= 0.3 is 5.97 Å². The van der Waals surface area contributed by atoms with E-state index in [0.717, 1.165) is 0 Å². The Bertz CT molecular complexity index is 969. The Morgan fingerprint density at radius 1 is 1.07 bits per heavy atom. The van der Waals surface area contributed by atoms with Crippen molar-refractivity contribution in [2.45, 2.75) is 38.8 Å². The van der Waals surface area contributed by atoms with Gasteiger partial charge < -0.3 is 20.7 Å². The highest BCUT2D eigenvalue weighted by Crippen LogP contribution is 2.19. The summed E-state index contributed by atoms with van der Waals surface area (Å²) in [4.78, 5) is 48.8. The molecule has 2 aromatic carbocycles. The standard InChI is InChI=1S/C22H23N3O5/c1-13(2)30-22(29)14-7-9-15(10-8-14)23-19(26)12-11-18-21(28)24-17-6-4-3-5-16(17)20(27)25-18/h3-10,13,18H,11-12H2,1-2H3,(H,23,26)(H,24,28)(H,25,27)/t18-/m0/s1. The average molecular weight is 409 g/mol. The Balaban J connectivity index is 1.54. The number of amides is 3. The first-order valence-electron chi connectivity index (χ1n) is 9.65. The average Bonchev–Trinajstić information content (AvgIpc) is 2.82. The number of carbonyl (C=O) groups is 4. The fourth-order valence-corrected chi connectivity index (χ4v) is 2.99. The number of anilines is 2. The minimum Gasteiger partial charge on any atom is -0.459 e. The van der Waals surface area contributed by atoms with E-state index in [2.05, 4.69) is 16.0 Å². The first kappa shape index (κ1) is 21.0. The SMILES string of the molecule is CC(C)OC(=O)c1ccc(NC(=O)CC[C@@H]2NC(=O)c3ccccc3NC2=O)cc1. The van der Waals surface area contributed by atoms with Crippen molar-refractivity contribution in [1.82, 2.24) is 5.32 Å². The first-order chi connectivity index (χ1) is 14.3. The van der Waals surface area contributed by atoms with Gasteiger partial charge in [-0.3, -0.25) is 14.4 Å². The zero-order chi connectivity index (χ0) is 21.7. The van der Waals surface area contributed by atoms with Crippen molar-refractivity contribution in [2.75, 3.05) is 10.6 Å². The summed E-state index contributed by atoms with van der Waals surface area (Å²) in [6.07, 6.45) is -0.0338. The van der Waals surface area contributed by atoms with Gasteiger partial charge in [-0.1, -0.05) is 12.1 Å². The third kappa shape index (κ3) is 5.22. The number of carbonyl (C=O) groups excluding carboxylic acids is 4. The molecule has 0 unspecified atom stereocenters. The van der Waals surface area contributed by atoms with Crippen LogP contribution in [-0.4, -0.2) is 35.8 Å². The Morgan fingerprint density at radius 3 is 2.47 bits per heavy atom. The molecule has 3 amide bonds. The van der Waals surface area contributed by atoms with Crippen LogP contribution >= 0.6 is 0 Å². The third-order valence-electron chi connectivity index (χ3n) is 4.46. The molecule has 0 aliphatic carbocycles. The number of nitrogens with one attached hydrogen (secondary N) is 3. The van der Waals surface area contributed by atoms with Crippen LogP contribution in [-0.2, 0) is 14.3 Å². The van der Waals surface area contributed by atoms with E-state index in [1.165, 1.54) is 0 Å². The third-order valence-corrected chi connectivity index (χ3v) is 4.46. The van der Waals surface area contributed by atoms with Gasteiger partial charge in [-0.15, -0.1) is 0 Å². The maximum atomic E-state index is 12.4. The van der Waals surface area contributed by atoms with Crippen LogP contribution in [0.15, 0.2) is 48.5 Å². The molecule has 0 aromatic heterocycles. The number of benzene rings is 2. The molecular weight excluding hydrogens is 386 g/mol. The van der Waals surface area contributed by atoms with E-state index >= 15 is 0 Å². The molecule has 0 radical (unpaired) electrons. The number of para-hydroxylation sites is 1. The number of fused-ring (bicyclic) bond motifs is 1. The van der Waals surface area contributed by atoms with E-state index < -0.39 is 12.0 Å². The Kier molecular flexibility index (Phi) is 6.46. The number of esters is 1. The molecule has 0 fully saturated rings. The van der Waals surface area contributed by atoms with Crippen LogP contribution in [0.5, 0.6) is 0 Å². The Hall–Kier alpha value is -3.68. The smallest absolute Gasteiger partial charge is 0.338 e. The molecule has 3 rings (SSSR count). The second kappa shape index (κ2) is 9.21. The van der Waals surface area contributed by atoms with E-state index in [9.17, 15) is 19.2 Å². The van der Waals surface area contributed by atoms with E-state index in [4.69, 9.17) is 4.74 Å². The predicted molar refractivity (Wildman–Crippen MR) is 111 cm³/mol. The summed E-state index contributed by atoms with van der Waals surface area (Å²) in [5, 5.41) is 8.08. The first-order valence-corrected chi connectivity index (χ1v) is 9.65. The second-order valence-electron chi connectivity index (χ2n) is 7.18. The van der Waals surface area contributed by atoms with E-state index in [1.54, 1.807) is 62.4 Å². The lowest BCUT2D eigenvalue weighted by Crippen LogP contribution is -2.41. The molecule has 2 aromatic rings. The van der Waals surface area contributed by atoms with Gasteiger partial charge in [0.25, 0.3) is 5.91 Å². The zero-order valence-electron chi connectivity index (χ0n) is 16.7. The molecule has 156 valence electrons. The summed E-state index contributed by atoms with van der Waals surface area (Å²) in [6.45, 7) is 3.53. The van der Waals surface area contributed by atoms with Crippen molar-refractivity contribution < 1.29 is 23.9 Å². The quantitative estimate of drug-likeness (QED) is 0.635. The van der Waals surface area contributed by atoms with Crippen LogP contribution in [0.4, 0.5) is 11.4 Å². The fraction of sp³-hybridized carbons (Fsp3) is 0.273. The highest BCUT2D eigenvalue weighted by molar-refractivity contribution is 6.10. The molecule has 3 N–H and O–H groups in total. The summed E-state index contributed by atoms with van der Waals surface area (Å²) in [5.74, 6) is -1.47. The van der Waals surface area contributed by atoms with Crippen LogP contribution in [0.2, 0.25) is 0 Å². The largest absolute Gasteiger partial charge is 0.459 e. The number of rotatable bonds is 6. The van der Waals surface area contributed by atoms with Crippen LogP contribution in [0.3, 0.4) is 0 Å². The summed E-state index contributed by atoms with van der Waals surface area (Å²) in [7, 11) is 0. The van der Waals surface area contributed by atoms with Gasteiger partial charge in [-0.05, 0) is 56.7 Å². The van der Waals surface area contributed by atoms with Gasteiger partial charge in [0, 0.05) is 12.1 Å². The number of ether oxygens (including phenoxy) is 1. The Morgan fingerprint density at radius 2 is 1.77 bits per heavy atom. The van der Waals surface area contributed by atoms with E-state index in [0.29, 0.717) is 22.5 Å². The van der Waals surface area contributed by atoms with Crippen molar-refractivity contribution in [3.8, 4) is 0 Å². The number of hydrogen-bond acceptors (Lipinski definition) is 5. The van der Waals surface area contributed by atoms with Crippen molar-refractivity contribution in [3.05, 3.63) is 59.7 Å². The van der Waals surface area contributed by atoms with Crippen LogP contribution < -0.4 is 16.0 Å². The van der Waals surface area contributed by atoms with Crippen LogP contribution in [0.1, 0.15) is 47.4 Å². The van der Waals surface area contributed by atoms with Gasteiger partial charge in [0.15, 0.2) is 0 Å². The molecule has 0 saturated carbocycles. The van der Waals surface area contributed by atoms with Crippen molar-refractivity contribution in [3.63, 3.8) is 0 Å². The monoisotopic (exact) mass is 409 g/mol. The lowest BCUT2D eigenvalue weighted by molar-refractivity contribution is -0.118. The molecule has 1 aliphatic rings. The maximum Gasteiger partial charge on any atom is 0.338 e. The molecule has 1 atom stereocenters. The molecule has 1 heterocycles. The van der Waals surface area contributed by atoms with E-state index in [-0.39, 0.29) is 36.7 Å². The van der Waals surface area contributed by atoms with E-state index in [1.807, 2.05) is 0 Å². The summed E-state index contributed by atoms with van der Waals surface area (Å²) >= 11 is 0. The maximum absolute atomic E-state index is 12.4. The molecule has 1 aliphatic heterocycles. The Labute approximate surface area is 174 Å². The molecule has 8 heteroatoms. The summed E-state index contributed by atoms with van der Waals surface area (Å²) in [6, 6.07) is 12.2. The van der Waals surface area contributed by atoms with Gasteiger partial charge in [0.2, 0.25) is 11.8 Å².